The number of phenolic OH excluding ortho intramolecular Hbond substituents is 1. The van der Waals surface area contributed by atoms with Crippen molar-refractivity contribution < 1.29 is 49.3 Å². The Morgan fingerprint density at radius 3 is 1.96 bits per heavy atom. The van der Waals surface area contributed by atoms with Crippen LogP contribution < -0.4 is 40.0 Å². The molecule has 5 nitrogen and oxygen atoms in total. The minimum atomic E-state index is -1.02. The first-order valence-corrected chi connectivity index (χ1v) is 10.8. The molecule has 10 heteroatoms. The molecule has 0 aliphatic rings. The Morgan fingerprint density at radius 1 is 1.04 bits per heavy atom. The normalized spacial score (nSPS) is 11.6. The monoisotopic (exact) mass is 800 g/mol. The summed E-state index contributed by atoms with van der Waals surface area (Å²) in [4.78, 5) is 10.9. The summed E-state index contributed by atoms with van der Waals surface area (Å²) < 4.78 is 9.14. The number of carbonyl (C=O) groups is 1. The molecule has 128 valence electrons. The van der Waals surface area contributed by atoms with Crippen LogP contribution in [0.2, 0.25) is 0 Å². The molecular formula is C15H11I4NNaO4+. The van der Waals surface area contributed by atoms with E-state index in [1.54, 1.807) is 12.1 Å². The Morgan fingerprint density at radius 2 is 1.52 bits per heavy atom. The number of halogens is 4. The summed E-state index contributed by atoms with van der Waals surface area (Å²) in [6.45, 7) is 0. The zero-order valence-electron chi connectivity index (χ0n) is 12.9. The maximum absolute atomic E-state index is 10.9. The molecule has 0 fully saturated rings. The maximum Gasteiger partial charge on any atom is 1.00 e. The number of rotatable bonds is 5. The Labute approximate surface area is 221 Å². The second kappa shape index (κ2) is 10.8. The summed E-state index contributed by atoms with van der Waals surface area (Å²) in [5, 5.41) is 18.8. The van der Waals surface area contributed by atoms with Crippen LogP contribution in [-0.4, -0.2) is 22.2 Å². The van der Waals surface area contributed by atoms with E-state index in [2.05, 4.69) is 90.4 Å². The van der Waals surface area contributed by atoms with Gasteiger partial charge in [0, 0.05) is 0 Å². The summed E-state index contributed by atoms with van der Waals surface area (Å²) in [5.74, 6) is 0.549. The van der Waals surface area contributed by atoms with Gasteiger partial charge in [-0.1, -0.05) is 0 Å². The third kappa shape index (κ3) is 6.74. The average Bonchev–Trinajstić information content (AvgIpc) is 2.48. The molecule has 0 aromatic heterocycles. The Hall–Kier alpha value is 1.39. The molecule has 0 saturated heterocycles. The smallest absolute Gasteiger partial charge is 0.506 e. The van der Waals surface area contributed by atoms with Crippen LogP contribution >= 0.6 is 90.4 Å². The van der Waals surface area contributed by atoms with Crippen molar-refractivity contribution in [3.05, 3.63) is 44.1 Å². The first-order valence-electron chi connectivity index (χ1n) is 6.51. The van der Waals surface area contributed by atoms with Crippen molar-refractivity contribution in [3.63, 3.8) is 0 Å². The molecule has 2 aromatic rings. The molecule has 4 N–H and O–H groups in total. The van der Waals surface area contributed by atoms with Gasteiger partial charge in [0.25, 0.3) is 0 Å². The van der Waals surface area contributed by atoms with Crippen molar-refractivity contribution in [1.82, 2.24) is 0 Å². The molecule has 2 rings (SSSR count). The van der Waals surface area contributed by atoms with Crippen molar-refractivity contribution >= 4 is 96.3 Å². The molecule has 1 atom stereocenters. The van der Waals surface area contributed by atoms with E-state index in [-0.39, 0.29) is 41.7 Å². The molecule has 25 heavy (non-hydrogen) atoms. The van der Waals surface area contributed by atoms with Gasteiger partial charge in [-0.15, -0.1) is 0 Å². The molecule has 0 amide bonds. The van der Waals surface area contributed by atoms with E-state index >= 15 is 0 Å². The molecule has 0 radical (unpaired) electrons. The molecule has 0 unspecified atom stereocenters. The van der Waals surface area contributed by atoms with E-state index < -0.39 is 12.0 Å². The fourth-order valence-corrected chi connectivity index (χ4v) is 5.72. The summed E-state index contributed by atoms with van der Waals surface area (Å²) >= 11 is 8.42. The predicted molar refractivity (Wildman–Crippen MR) is 125 cm³/mol. The van der Waals surface area contributed by atoms with Crippen LogP contribution in [0.3, 0.4) is 0 Å². The number of aromatic hydroxyl groups is 1. The Bertz CT molecular complexity index is 757. The molecule has 0 bridgehead atoms. The van der Waals surface area contributed by atoms with E-state index in [1.165, 1.54) is 0 Å². The van der Waals surface area contributed by atoms with Crippen LogP contribution in [0, 0.1) is 14.3 Å². The fraction of sp³-hybridized carbons (Fsp3) is 0.133. The minimum Gasteiger partial charge on any atom is -0.506 e. The van der Waals surface area contributed by atoms with Crippen LogP contribution in [-0.2, 0) is 11.2 Å². The standard InChI is InChI=1S/C15H11I4NO4.Na/c16-8-4-7(5-9(17)13(8)21)24-14-10(18)1-6(2-11(14)19)3-12(20)15(22)23;/h1-2,4-5,12,21H,3,20H2,(H,22,23);/q;+1/t12-;/m0./s1. The fourth-order valence-electron chi connectivity index (χ4n) is 1.89. The molecule has 0 spiro atoms. The van der Waals surface area contributed by atoms with E-state index in [9.17, 15) is 9.90 Å². The predicted octanol–water partition coefficient (Wildman–Crippen LogP) is 1.56. The number of benzene rings is 2. The Balaban J connectivity index is 0.00000312. The quantitative estimate of drug-likeness (QED) is 0.316. The number of carboxylic acid groups (broad SMARTS) is 1. The molecule has 2 aromatic carbocycles. The zero-order valence-corrected chi connectivity index (χ0v) is 23.5. The largest absolute Gasteiger partial charge is 1.00 e. The summed E-state index contributed by atoms with van der Waals surface area (Å²) in [7, 11) is 0. The van der Waals surface area contributed by atoms with Crippen LogP contribution in [0.15, 0.2) is 24.3 Å². The number of phenols is 1. The van der Waals surface area contributed by atoms with Crippen LogP contribution in [0.5, 0.6) is 17.2 Å². The van der Waals surface area contributed by atoms with Gasteiger partial charge in [-0.2, -0.15) is 0 Å². The van der Waals surface area contributed by atoms with Gasteiger partial charge in [0.1, 0.15) is 17.5 Å². The number of nitrogens with two attached hydrogens (primary N) is 1. The van der Waals surface area contributed by atoms with Gasteiger partial charge in [-0.25, -0.2) is 0 Å². The first-order chi connectivity index (χ1) is 11.2. The number of carboxylic acids is 1. The summed E-state index contributed by atoms with van der Waals surface area (Å²) in [6, 6.07) is 6.34. The second-order valence-corrected chi connectivity index (χ2v) is 9.52. The first kappa shape index (κ1) is 24.4. The second-order valence-electron chi connectivity index (χ2n) is 4.88. The van der Waals surface area contributed by atoms with Gasteiger partial charge >= 0.3 is 35.5 Å². The zero-order chi connectivity index (χ0) is 18.0. The average molecular weight is 800 g/mol. The minimum absolute atomic E-state index is 0. The molecule has 0 aliphatic carbocycles. The molecule has 0 saturated carbocycles. The van der Waals surface area contributed by atoms with Crippen LogP contribution in [0.25, 0.3) is 0 Å². The SMILES string of the molecule is N[C@@H](Cc1cc(I)c(Oc2cc(I)c(O)c(I)c2)c(I)c1)C(=O)O.[Na+]. The van der Waals surface area contributed by atoms with Gasteiger partial charge in [0.05, 0.1) is 14.3 Å². The van der Waals surface area contributed by atoms with Crippen LogP contribution in [0.1, 0.15) is 5.56 Å². The van der Waals surface area contributed by atoms with Crippen molar-refractivity contribution in [3.8, 4) is 17.2 Å². The van der Waals surface area contributed by atoms with Crippen molar-refractivity contribution in [1.29, 1.82) is 0 Å². The number of aliphatic carboxylic acids is 1. The third-order valence-electron chi connectivity index (χ3n) is 3.04. The van der Waals surface area contributed by atoms with Gasteiger partial charge < -0.3 is 20.7 Å². The molecule has 0 heterocycles. The van der Waals surface area contributed by atoms with E-state index in [1.807, 2.05) is 12.1 Å². The van der Waals surface area contributed by atoms with Gasteiger partial charge in [-0.3, -0.25) is 4.79 Å². The topological polar surface area (TPSA) is 92.8 Å². The maximum atomic E-state index is 10.9. The number of hydrogen-bond acceptors (Lipinski definition) is 4. The van der Waals surface area contributed by atoms with E-state index in [4.69, 9.17) is 15.6 Å². The van der Waals surface area contributed by atoms with Crippen LogP contribution in [0.4, 0.5) is 0 Å². The molecule has 0 aliphatic heterocycles. The third-order valence-corrected chi connectivity index (χ3v) is 6.29. The van der Waals surface area contributed by atoms with Gasteiger partial charge in [0.15, 0.2) is 5.75 Å². The Kier molecular flexibility index (Phi) is 10.6. The van der Waals surface area contributed by atoms with Crippen molar-refractivity contribution in [2.75, 3.05) is 0 Å². The number of ether oxygens (including phenoxy) is 1. The number of hydrogen-bond donors (Lipinski definition) is 3. The van der Waals surface area contributed by atoms with Crippen molar-refractivity contribution in [2.45, 2.75) is 12.5 Å². The van der Waals surface area contributed by atoms with Gasteiger partial charge in [0.2, 0.25) is 0 Å². The summed E-state index contributed by atoms with van der Waals surface area (Å²) in [6.07, 6.45) is 0.261. The molecular weight excluding hydrogens is 789 g/mol. The van der Waals surface area contributed by atoms with E-state index in [0.717, 1.165) is 12.7 Å². The summed E-state index contributed by atoms with van der Waals surface area (Å²) in [5.41, 5.74) is 6.44. The van der Waals surface area contributed by atoms with Gasteiger partial charge in [-0.05, 0) is 127 Å². The van der Waals surface area contributed by atoms with Crippen molar-refractivity contribution in [2.24, 2.45) is 5.73 Å². The van der Waals surface area contributed by atoms with E-state index in [0.29, 0.717) is 18.6 Å².